The molecule has 26 heavy (non-hydrogen) atoms. The summed E-state index contributed by atoms with van der Waals surface area (Å²) in [5.41, 5.74) is 1.37. The highest BCUT2D eigenvalue weighted by Crippen LogP contribution is 2.25. The highest BCUT2D eigenvalue weighted by atomic mass is 16.7. The van der Waals surface area contributed by atoms with Crippen molar-refractivity contribution in [2.75, 3.05) is 6.61 Å². The van der Waals surface area contributed by atoms with Crippen molar-refractivity contribution in [3.63, 3.8) is 0 Å². The molecule has 1 aliphatic rings. The van der Waals surface area contributed by atoms with Crippen molar-refractivity contribution < 1.29 is 29.6 Å². The molecule has 0 amide bonds. The van der Waals surface area contributed by atoms with Gasteiger partial charge in [-0.1, -0.05) is 0 Å². The van der Waals surface area contributed by atoms with Gasteiger partial charge in [-0.05, 0) is 48.5 Å². The Bertz CT molecular complexity index is 811. The quantitative estimate of drug-likeness (QED) is 0.672. The summed E-state index contributed by atoms with van der Waals surface area (Å²) in [7, 11) is 0. The monoisotopic (exact) mass is 355 g/mol. The lowest BCUT2D eigenvalue weighted by atomic mass is 10.0. The number of hydrogen-bond acceptors (Lipinski definition) is 7. The van der Waals surface area contributed by atoms with E-state index in [1.165, 1.54) is 0 Å². The van der Waals surface area contributed by atoms with Crippen molar-refractivity contribution in [1.82, 2.24) is 0 Å². The molecule has 7 nitrogen and oxygen atoms in total. The first-order valence-corrected chi connectivity index (χ1v) is 7.97. The van der Waals surface area contributed by atoms with Crippen LogP contribution in [0.4, 0.5) is 0 Å². The Morgan fingerprint density at radius 2 is 1.62 bits per heavy atom. The van der Waals surface area contributed by atoms with Gasteiger partial charge in [0.05, 0.1) is 18.2 Å². The second-order valence-electron chi connectivity index (χ2n) is 5.87. The number of ketones is 1. The number of nitrogens with zero attached hydrogens (tertiary/aromatic N) is 1. The minimum Gasteiger partial charge on any atom is -0.462 e. The van der Waals surface area contributed by atoms with Gasteiger partial charge < -0.3 is 24.8 Å². The number of carbonyl (C=O) groups excluding carboxylic acids is 1. The molecule has 3 rings (SSSR count). The zero-order valence-electron chi connectivity index (χ0n) is 13.6. The summed E-state index contributed by atoms with van der Waals surface area (Å²) in [5.74, 6) is 0.144. The van der Waals surface area contributed by atoms with E-state index in [0.717, 1.165) is 0 Å². The minimum atomic E-state index is -1.29. The number of rotatable bonds is 5. The predicted octanol–water partition coefficient (Wildman–Crippen LogP) is 0.607. The molecule has 0 saturated carbocycles. The molecule has 4 atom stereocenters. The smallest absolute Gasteiger partial charge is 0.229 e. The first-order chi connectivity index (χ1) is 12.5. The van der Waals surface area contributed by atoms with Crippen molar-refractivity contribution in [3.05, 3.63) is 65.2 Å². The molecule has 0 spiro atoms. The molecular weight excluding hydrogens is 338 g/mol. The second kappa shape index (κ2) is 7.64. The Labute approximate surface area is 149 Å². The van der Waals surface area contributed by atoms with Gasteiger partial charge in [0.2, 0.25) is 6.29 Å². The van der Waals surface area contributed by atoms with Crippen molar-refractivity contribution in [3.8, 4) is 11.8 Å². The molecule has 0 unspecified atom stereocenters. The summed E-state index contributed by atoms with van der Waals surface area (Å²) in [6.07, 6.45) is -4.54. The molecule has 1 heterocycles. The average Bonchev–Trinajstić information content (AvgIpc) is 2.96. The molecule has 1 fully saturated rings. The van der Waals surface area contributed by atoms with Crippen LogP contribution in [0.2, 0.25) is 0 Å². The lowest BCUT2D eigenvalue weighted by molar-refractivity contribution is -0.116. The Hall–Kier alpha value is -2.76. The van der Waals surface area contributed by atoms with Crippen LogP contribution < -0.4 is 4.74 Å². The van der Waals surface area contributed by atoms with E-state index in [4.69, 9.17) is 19.8 Å². The van der Waals surface area contributed by atoms with Gasteiger partial charge in [-0.15, -0.1) is 0 Å². The van der Waals surface area contributed by atoms with Crippen molar-refractivity contribution >= 4 is 5.78 Å². The number of aliphatic hydroxyl groups excluding tert-OH is 3. The molecule has 1 aliphatic heterocycles. The highest BCUT2D eigenvalue weighted by Gasteiger charge is 2.43. The van der Waals surface area contributed by atoms with E-state index in [9.17, 15) is 15.0 Å². The van der Waals surface area contributed by atoms with Crippen LogP contribution in [0.3, 0.4) is 0 Å². The Morgan fingerprint density at radius 1 is 1.04 bits per heavy atom. The number of ether oxygens (including phenoxy) is 2. The maximum atomic E-state index is 12.4. The number of benzene rings is 2. The van der Waals surface area contributed by atoms with E-state index in [1.807, 2.05) is 6.07 Å². The third kappa shape index (κ3) is 3.59. The Kier molecular flexibility index (Phi) is 5.30. The molecule has 2 aromatic rings. The maximum Gasteiger partial charge on any atom is 0.229 e. The van der Waals surface area contributed by atoms with Crippen molar-refractivity contribution in [2.24, 2.45) is 0 Å². The molecule has 0 aromatic heterocycles. The Morgan fingerprint density at radius 3 is 2.12 bits per heavy atom. The summed E-state index contributed by atoms with van der Waals surface area (Å²) in [5, 5.41) is 37.4. The van der Waals surface area contributed by atoms with E-state index in [1.54, 1.807) is 48.5 Å². The van der Waals surface area contributed by atoms with Crippen LogP contribution in [0.1, 0.15) is 21.5 Å². The number of nitriles is 1. The lowest BCUT2D eigenvalue weighted by Crippen LogP contribution is -2.35. The molecule has 134 valence electrons. The van der Waals surface area contributed by atoms with E-state index in [-0.39, 0.29) is 5.78 Å². The lowest BCUT2D eigenvalue weighted by Gasteiger charge is -2.16. The average molecular weight is 355 g/mol. The molecule has 3 N–H and O–H groups in total. The first-order valence-electron chi connectivity index (χ1n) is 7.97. The zero-order chi connectivity index (χ0) is 18.7. The SMILES string of the molecule is N#Cc1ccc(C(=O)c2ccc(O[C@@H]3O[C@H](CO)[C@H](O)[C@@H]3O)cc2)cc1. The van der Waals surface area contributed by atoms with Gasteiger partial charge in [-0.3, -0.25) is 4.79 Å². The largest absolute Gasteiger partial charge is 0.462 e. The van der Waals surface area contributed by atoms with E-state index < -0.39 is 31.2 Å². The van der Waals surface area contributed by atoms with Gasteiger partial charge in [0.1, 0.15) is 24.1 Å². The van der Waals surface area contributed by atoms with Gasteiger partial charge in [0.15, 0.2) is 5.78 Å². The predicted molar refractivity (Wildman–Crippen MR) is 89.4 cm³/mol. The molecular formula is C19H17NO6. The molecule has 7 heteroatoms. The number of aliphatic hydroxyl groups is 3. The molecule has 0 aliphatic carbocycles. The first kappa shape index (κ1) is 18.0. The highest BCUT2D eigenvalue weighted by molar-refractivity contribution is 6.09. The van der Waals surface area contributed by atoms with E-state index in [2.05, 4.69) is 0 Å². The zero-order valence-corrected chi connectivity index (χ0v) is 13.6. The van der Waals surface area contributed by atoms with Crippen molar-refractivity contribution in [1.29, 1.82) is 5.26 Å². The fourth-order valence-corrected chi connectivity index (χ4v) is 2.64. The van der Waals surface area contributed by atoms with E-state index >= 15 is 0 Å². The normalized spacial score (nSPS) is 24.8. The summed E-state index contributed by atoms with van der Waals surface area (Å²) in [6.45, 7) is -0.434. The third-order valence-corrected chi connectivity index (χ3v) is 4.14. The van der Waals surface area contributed by atoms with Crippen molar-refractivity contribution in [2.45, 2.75) is 24.6 Å². The van der Waals surface area contributed by atoms with Gasteiger partial charge in [0, 0.05) is 11.1 Å². The fourth-order valence-electron chi connectivity index (χ4n) is 2.64. The molecule has 0 radical (unpaired) electrons. The second-order valence-corrected chi connectivity index (χ2v) is 5.87. The number of hydrogen-bond donors (Lipinski definition) is 3. The Balaban J connectivity index is 1.68. The maximum absolute atomic E-state index is 12.4. The molecule has 1 saturated heterocycles. The fraction of sp³-hybridized carbons (Fsp3) is 0.263. The van der Waals surface area contributed by atoms with Gasteiger partial charge in [0.25, 0.3) is 0 Å². The van der Waals surface area contributed by atoms with Crippen LogP contribution in [0.25, 0.3) is 0 Å². The van der Waals surface area contributed by atoms with Crippen LogP contribution >= 0.6 is 0 Å². The van der Waals surface area contributed by atoms with Crippen LogP contribution in [-0.2, 0) is 4.74 Å². The minimum absolute atomic E-state index is 0.200. The summed E-state index contributed by atoms with van der Waals surface area (Å²) >= 11 is 0. The molecule has 2 aromatic carbocycles. The van der Waals surface area contributed by atoms with Crippen LogP contribution in [-0.4, -0.2) is 52.3 Å². The van der Waals surface area contributed by atoms with E-state index in [0.29, 0.717) is 22.4 Å². The van der Waals surface area contributed by atoms with Gasteiger partial charge in [-0.25, -0.2) is 0 Å². The third-order valence-electron chi connectivity index (χ3n) is 4.14. The van der Waals surface area contributed by atoms with Gasteiger partial charge >= 0.3 is 0 Å². The summed E-state index contributed by atoms with van der Waals surface area (Å²) in [4.78, 5) is 12.4. The standard InChI is InChI=1S/C19H17NO6/c20-9-11-1-3-12(4-2-11)16(22)13-5-7-14(8-6-13)25-19-18(24)17(23)15(10-21)26-19/h1-8,15,17-19,21,23-24H,10H2/t15-,17+,18+,19-/m1/s1. The van der Waals surface area contributed by atoms with Gasteiger partial charge in [-0.2, -0.15) is 5.26 Å². The van der Waals surface area contributed by atoms with Crippen LogP contribution in [0.15, 0.2) is 48.5 Å². The molecule has 0 bridgehead atoms. The van der Waals surface area contributed by atoms with Crippen LogP contribution in [0.5, 0.6) is 5.75 Å². The summed E-state index contributed by atoms with van der Waals surface area (Å²) in [6, 6.07) is 14.5. The number of carbonyl (C=O) groups is 1. The topological polar surface area (TPSA) is 120 Å². The van der Waals surface area contributed by atoms with Crippen LogP contribution in [0, 0.1) is 11.3 Å². The summed E-state index contributed by atoms with van der Waals surface area (Å²) < 4.78 is 10.7.